The first-order chi connectivity index (χ1) is 14.0. The molecule has 0 radical (unpaired) electrons. The molecule has 2 aromatic heterocycles. The van der Waals surface area contributed by atoms with Crippen LogP contribution in [0.3, 0.4) is 0 Å². The van der Waals surface area contributed by atoms with Crippen molar-refractivity contribution in [2.75, 3.05) is 18.1 Å². The zero-order chi connectivity index (χ0) is 20.5. The van der Waals surface area contributed by atoms with E-state index in [1.165, 1.54) is 46.9 Å². The minimum absolute atomic E-state index is 0.0534. The van der Waals surface area contributed by atoms with Crippen LogP contribution < -0.4 is 4.90 Å². The van der Waals surface area contributed by atoms with Crippen LogP contribution in [0, 0.1) is 10.1 Å². The molecule has 29 heavy (non-hydrogen) atoms. The van der Waals surface area contributed by atoms with Crippen molar-refractivity contribution >= 4 is 45.9 Å². The summed E-state index contributed by atoms with van der Waals surface area (Å²) in [5.41, 5.74) is 2.14. The fourth-order valence-corrected chi connectivity index (χ4v) is 5.43. The van der Waals surface area contributed by atoms with Gasteiger partial charge in [-0.15, -0.1) is 22.7 Å². The van der Waals surface area contributed by atoms with Crippen molar-refractivity contribution < 1.29 is 19.2 Å². The van der Waals surface area contributed by atoms with Gasteiger partial charge < -0.3 is 9.64 Å². The molecule has 1 aliphatic rings. The molecule has 3 aromatic rings. The van der Waals surface area contributed by atoms with E-state index < -0.39 is 4.92 Å². The van der Waals surface area contributed by atoms with E-state index in [9.17, 15) is 19.7 Å². The van der Waals surface area contributed by atoms with Crippen molar-refractivity contribution in [3.05, 3.63) is 67.9 Å². The van der Waals surface area contributed by atoms with Gasteiger partial charge in [0.25, 0.3) is 11.6 Å². The van der Waals surface area contributed by atoms with Gasteiger partial charge in [0.2, 0.25) is 0 Å². The molecule has 0 spiro atoms. The first-order valence-electron chi connectivity index (χ1n) is 8.93. The van der Waals surface area contributed by atoms with Crippen LogP contribution in [-0.2, 0) is 11.2 Å². The fourth-order valence-electron chi connectivity index (χ4n) is 3.24. The van der Waals surface area contributed by atoms with Gasteiger partial charge in [0.05, 0.1) is 27.0 Å². The van der Waals surface area contributed by atoms with E-state index in [0.717, 1.165) is 21.0 Å². The Morgan fingerprint density at radius 3 is 2.66 bits per heavy atom. The van der Waals surface area contributed by atoms with Crippen molar-refractivity contribution in [3.63, 3.8) is 0 Å². The van der Waals surface area contributed by atoms with Gasteiger partial charge in [0.15, 0.2) is 0 Å². The molecule has 4 rings (SSSR count). The number of rotatable bonds is 4. The summed E-state index contributed by atoms with van der Waals surface area (Å²) in [4.78, 5) is 39.8. The van der Waals surface area contributed by atoms with E-state index in [4.69, 9.17) is 4.74 Å². The quantitative estimate of drug-likeness (QED) is 0.339. The number of anilines is 1. The minimum Gasteiger partial charge on any atom is -0.462 e. The number of ether oxygens (including phenoxy) is 1. The second-order valence-electron chi connectivity index (χ2n) is 6.33. The van der Waals surface area contributed by atoms with Crippen LogP contribution in [0.25, 0.3) is 9.75 Å². The van der Waals surface area contributed by atoms with Gasteiger partial charge in [0, 0.05) is 24.2 Å². The smallest absolute Gasteiger partial charge is 0.348 e. The van der Waals surface area contributed by atoms with E-state index in [1.807, 2.05) is 17.5 Å². The molecule has 0 fully saturated rings. The largest absolute Gasteiger partial charge is 0.462 e. The highest BCUT2D eigenvalue weighted by molar-refractivity contribution is 7.23. The number of hydrogen-bond donors (Lipinski definition) is 0. The number of benzene rings is 1. The van der Waals surface area contributed by atoms with Crippen molar-refractivity contribution in [2.24, 2.45) is 0 Å². The molecule has 0 atom stereocenters. The number of non-ortho nitro benzene ring substituents is 1. The van der Waals surface area contributed by atoms with Crippen LogP contribution >= 0.6 is 22.7 Å². The molecule has 0 N–H and O–H groups in total. The van der Waals surface area contributed by atoms with Crippen LogP contribution in [0.5, 0.6) is 0 Å². The molecule has 1 amide bonds. The van der Waals surface area contributed by atoms with Crippen molar-refractivity contribution in [3.8, 4) is 9.75 Å². The van der Waals surface area contributed by atoms with Crippen LogP contribution in [0.1, 0.15) is 32.5 Å². The standard InChI is InChI=1S/C20H16N2O5S2/c1-2-27-20(24)16-11-13-7-9-21(15-8-10-28-18(15)17(13)29-16)19(23)12-3-5-14(6-4-12)22(25)26/h3-6,8,10-11H,2,7,9H2,1H3. The molecule has 1 aromatic carbocycles. The molecular formula is C20H16N2O5S2. The molecule has 0 aliphatic carbocycles. The van der Waals surface area contributed by atoms with Crippen LogP contribution in [-0.4, -0.2) is 30.0 Å². The van der Waals surface area contributed by atoms with Gasteiger partial charge in [-0.25, -0.2) is 4.79 Å². The third-order valence-corrected chi connectivity index (χ3v) is 6.83. The Bertz CT molecular complexity index is 1100. The Kier molecular flexibility index (Phi) is 5.16. The van der Waals surface area contributed by atoms with Crippen LogP contribution in [0.4, 0.5) is 11.4 Å². The van der Waals surface area contributed by atoms with Crippen molar-refractivity contribution in [1.29, 1.82) is 0 Å². The lowest BCUT2D eigenvalue weighted by atomic mass is 10.1. The predicted octanol–water partition coefficient (Wildman–Crippen LogP) is 4.76. The molecule has 0 unspecified atom stereocenters. The molecular weight excluding hydrogens is 412 g/mol. The second kappa shape index (κ2) is 7.76. The maximum Gasteiger partial charge on any atom is 0.348 e. The number of nitrogens with zero attached hydrogens (tertiary/aromatic N) is 2. The van der Waals surface area contributed by atoms with Crippen molar-refractivity contribution in [1.82, 2.24) is 0 Å². The van der Waals surface area contributed by atoms with Gasteiger partial charge in [-0.2, -0.15) is 0 Å². The summed E-state index contributed by atoms with van der Waals surface area (Å²) >= 11 is 2.90. The number of esters is 1. The number of nitro groups is 1. The predicted molar refractivity (Wildman–Crippen MR) is 112 cm³/mol. The SMILES string of the molecule is CCOC(=O)c1cc2c(s1)-c1sccc1N(C(=O)c1ccc([N+](=O)[O-])cc1)CC2. The van der Waals surface area contributed by atoms with E-state index in [-0.39, 0.29) is 17.6 Å². The summed E-state index contributed by atoms with van der Waals surface area (Å²) in [5, 5.41) is 12.8. The summed E-state index contributed by atoms with van der Waals surface area (Å²) in [7, 11) is 0. The highest BCUT2D eigenvalue weighted by Crippen LogP contribution is 2.45. The Balaban J connectivity index is 1.67. The Morgan fingerprint density at radius 2 is 1.97 bits per heavy atom. The number of carbonyl (C=O) groups excluding carboxylic acids is 2. The number of nitro benzene ring substituents is 1. The lowest BCUT2D eigenvalue weighted by molar-refractivity contribution is -0.384. The average Bonchev–Trinajstić information content (AvgIpc) is 3.33. The highest BCUT2D eigenvalue weighted by Gasteiger charge is 2.29. The number of amides is 1. The van der Waals surface area contributed by atoms with E-state index in [2.05, 4.69) is 0 Å². The van der Waals surface area contributed by atoms with Crippen LogP contribution in [0.15, 0.2) is 41.8 Å². The molecule has 148 valence electrons. The molecule has 7 nitrogen and oxygen atoms in total. The number of fused-ring (bicyclic) bond motifs is 3. The first kappa shape index (κ1) is 19.3. The topological polar surface area (TPSA) is 89.8 Å². The summed E-state index contributed by atoms with van der Waals surface area (Å²) in [6.45, 7) is 2.55. The van der Waals surface area contributed by atoms with Gasteiger partial charge in [-0.3, -0.25) is 14.9 Å². The van der Waals surface area contributed by atoms with Crippen molar-refractivity contribution in [2.45, 2.75) is 13.3 Å². The minimum atomic E-state index is -0.490. The lowest BCUT2D eigenvalue weighted by Gasteiger charge is -2.21. The zero-order valence-corrected chi connectivity index (χ0v) is 17.0. The monoisotopic (exact) mass is 428 g/mol. The number of hydrogen-bond acceptors (Lipinski definition) is 7. The lowest BCUT2D eigenvalue weighted by Crippen LogP contribution is -2.32. The average molecular weight is 428 g/mol. The number of carbonyl (C=O) groups is 2. The van der Waals surface area contributed by atoms with Gasteiger partial charge in [-0.1, -0.05) is 0 Å². The summed E-state index contributed by atoms with van der Waals surface area (Å²) < 4.78 is 5.11. The third-order valence-electron chi connectivity index (χ3n) is 4.60. The Labute approximate surface area is 174 Å². The molecule has 3 heterocycles. The summed E-state index contributed by atoms with van der Waals surface area (Å²) in [6.07, 6.45) is 0.603. The van der Waals surface area contributed by atoms with E-state index in [0.29, 0.717) is 30.0 Å². The molecule has 0 bridgehead atoms. The Morgan fingerprint density at radius 1 is 1.21 bits per heavy atom. The fraction of sp³-hybridized carbons (Fsp3) is 0.200. The van der Waals surface area contributed by atoms with Crippen LogP contribution in [0.2, 0.25) is 0 Å². The second-order valence-corrected chi connectivity index (χ2v) is 8.30. The van der Waals surface area contributed by atoms with E-state index in [1.54, 1.807) is 11.8 Å². The van der Waals surface area contributed by atoms with Gasteiger partial charge in [-0.05, 0) is 48.6 Å². The first-order valence-corrected chi connectivity index (χ1v) is 10.6. The number of thiophene rings is 2. The maximum absolute atomic E-state index is 13.1. The van der Waals surface area contributed by atoms with E-state index >= 15 is 0 Å². The third kappa shape index (κ3) is 3.54. The molecule has 0 saturated carbocycles. The summed E-state index contributed by atoms with van der Waals surface area (Å²) in [5.74, 6) is -0.539. The zero-order valence-electron chi connectivity index (χ0n) is 15.4. The molecule has 1 aliphatic heterocycles. The highest BCUT2D eigenvalue weighted by atomic mass is 32.1. The van der Waals surface area contributed by atoms with Gasteiger partial charge >= 0.3 is 5.97 Å². The molecule has 9 heteroatoms. The van der Waals surface area contributed by atoms with Gasteiger partial charge in [0.1, 0.15) is 4.88 Å². The normalized spacial score (nSPS) is 12.7. The Hall–Kier alpha value is -3.04. The molecule has 0 saturated heterocycles. The summed E-state index contributed by atoms with van der Waals surface area (Å²) in [6, 6.07) is 9.37. The maximum atomic E-state index is 13.1.